The summed E-state index contributed by atoms with van der Waals surface area (Å²) < 4.78 is -0.188. The fraction of sp³-hybridized carbons (Fsp3) is 0.846. The summed E-state index contributed by atoms with van der Waals surface area (Å²) in [5, 5.41) is 12.2. The van der Waals surface area contributed by atoms with Crippen molar-refractivity contribution in [1.29, 1.82) is 5.26 Å². The van der Waals surface area contributed by atoms with Gasteiger partial charge in [-0.05, 0) is 31.9 Å². The number of nitriles is 1. The van der Waals surface area contributed by atoms with Gasteiger partial charge in [0, 0.05) is 32.1 Å². The highest BCUT2D eigenvalue weighted by Gasteiger charge is 2.33. The highest BCUT2D eigenvalue weighted by Crippen LogP contribution is 2.33. The molecule has 1 aliphatic heterocycles. The van der Waals surface area contributed by atoms with Crippen LogP contribution in [-0.4, -0.2) is 47.5 Å². The molecule has 0 spiro atoms. The van der Waals surface area contributed by atoms with Crippen molar-refractivity contribution in [3.05, 3.63) is 0 Å². The van der Waals surface area contributed by atoms with E-state index >= 15 is 0 Å². The lowest BCUT2D eigenvalue weighted by Gasteiger charge is -2.36. The Balaban J connectivity index is 1.67. The number of nitrogens with one attached hydrogen (secondary N) is 1. The smallest absolute Gasteiger partial charge is 0.221 e. The molecule has 1 saturated carbocycles. The maximum atomic E-state index is 11.6. The van der Waals surface area contributed by atoms with E-state index in [0.717, 1.165) is 45.3 Å². The highest BCUT2D eigenvalue weighted by atomic mass is 32.2. The van der Waals surface area contributed by atoms with Gasteiger partial charge in [0.25, 0.3) is 0 Å². The van der Waals surface area contributed by atoms with Crippen LogP contribution in [0.4, 0.5) is 0 Å². The number of carbonyl (C=O) groups is 1. The van der Waals surface area contributed by atoms with E-state index in [1.54, 1.807) is 11.8 Å². The van der Waals surface area contributed by atoms with E-state index in [1.807, 2.05) is 6.26 Å². The molecular weight excluding hydrogens is 246 g/mol. The van der Waals surface area contributed by atoms with Crippen LogP contribution in [0.5, 0.6) is 0 Å². The van der Waals surface area contributed by atoms with Gasteiger partial charge in [-0.15, -0.1) is 11.8 Å². The minimum absolute atomic E-state index is 0.180. The van der Waals surface area contributed by atoms with E-state index < -0.39 is 0 Å². The predicted octanol–water partition coefficient (Wildman–Crippen LogP) is 1.38. The van der Waals surface area contributed by atoms with Crippen LogP contribution in [0.1, 0.15) is 32.1 Å². The van der Waals surface area contributed by atoms with Gasteiger partial charge in [0.15, 0.2) is 0 Å². The Hall–Kier alpha value is -0.730. The lowest BCUT2D eigenvalue weighted by Crippen LogP contribution is -2.42. The van der Waals surface area contributed by atoms with Gasteiger partial charge in [-0.2, -0.15) is 5.26 Å². The number of rotatable bonds is 5. The highest BCUT2D eigenvalue weighted by molar-refractivity contribution is 8.00. The van der Waals surface area contributed by atoms with Crippen molar-refractivity contribution in [2.24, 2.45) is 0 Å². The number of carbonyl (C=O) groups excluding carboxylic acids is 1. The first kappa shape index (κ1) is 13.7. The molecule has 1 heterocycles. The number of hydrogen-bond donors (Lipinski definition) is 1. The number of hydrogen-bond acceptors (Lipinski definition) is 4. The van der Waals surface area contributed by atoms with E-state index in [1.165, 1.54) is 0 Å². The molecule has 0 aromatic carbocycles. The maximum Gasteiger partial charge on any atom is 0.221 e. The van der Waals surface area contributed by atoms with Crippen molar-refractivity contribution in [2.75, 3.05) is 25.9 Å². The van der Waals surface area contributed by atoms with Crippen molar-refractivity contribution >= 4 is 17.7 Å². The fourth-order valence-electron chi connectivity index (χ4n) is 2.29. The fourth-order valence-corrected chi connectivity index (χ4v) is 2.97. The molecule has 0 aromatic rings. The summed E-state index contributed by atoms with van der Waals surface area (Å²) in [5.41, 5.74) is 0. The molecule has 1 saturated heterocycles. The first-order chi connectivity index (χ1) is 8.67. The molecule has 18 heavy (non-hydrogen) atoms. The van der Waals surface area contributed by atoms with Crippen LogP contribution in [0.3, 0.4) is 0 Å². The summed E-state index contributed by atoms with van der Waals surface area (Å²) in [6, 6.07) is 2.90. The zero-order valence-electron chi connectivity index (χ0n) is 10.9. The lowest BCUT2D eigenvalue weighted by atomic mass is 9.97. The summed E-state index contributed by atoms with van der Waals surface area (Å²) in [4.78, 5) is 13.9. The van der Waals surface area contributed by atoms with E-state index in [9.17, 15) is 10.1 Å². The van der Waals surface area contributed by atoms with Crippen molar-refractivity contribution in [3.63, 3.8) is 0 Å². The third kappa shape index (κ3) is 3.63. The number of piperidine rings is 1. The van der Waals surface area contributed by atoms with Crippen LogP contribution in [0.25, 0.3) is 0 Å². The van der Waals surface area contributed by atoms with Gasteiger partial charge in [-0.1, -0.05) is 0 Å². The zero-order valence-corrected chi connectivity index (χ0v) is 11.8. The van der Waals surface area contributed by atoms with E-state index in [4.69, 9.17) is 0 Å². The van der Waals surface area contributed by atoms with Crippen LogP contribution in [0.15, 0.2) is 0 Å². The standard InChI is InChI=1S/C13H21N3OS/c1-18-13(10-14)5-8-16(9-6-13)7-4-12(17)15-11-2-3-11/h11H,2-9H2,1H3,(H,15,17). The molecule has 0 bridgehead atoms. The Morgan fingerprint density at radius 3 is 2.67 bits per heavy atom. The normalized spacial score (nSPS) is 23.3. The third-order valence-electron chi connectivity index (χ3n) is 3.86. The van der Waals surface area contributed by atoms with Crippen molar-refractivity contribution < 1.29 is 4.79 Å². The molecule has 1 amide bonds. The van der Waals surface area contributed by atoms with Gasteiger partial charge in [0.05, 0.1) is 6.07 Å². The first-order valence-corrected chi connectivity index (χ1v) is 7.88. The second-order valence-corrected chi connectivity index (χ2v) is 6.43. The molecule has 100 valence electrons. The summed E-state index contributed by atoms with van der Waals surface area (Å²) in [6.07, 6.45) is 6.73. The van der Waals surface area contributed by atoms with Crippen LogP contribution >= 0.6 is 11.8 Å². The van der Waals surface area contributed by atoms with Gasteiger partial charge in [-0.3, -0.25) is 4.79 Å². The molecule has 2 fully saturated rings. The quantitative estimate of drug-likeness (QED) is 0.817. The van der Waals surface area contributed by atoms with Gasteiger partial charge in [-0.25, -0.2) is 0 Å². The molecular formula is C13H21N3OS. The molecule has 1 N–H and O–H groups in total. The van der Waals surface area contributed by atoms with E-state index in [-0.39, 0.29) is 10.7 Å². The molecule has 2 rings (SSSR count). The summed E-state index contributed by atoms with van der Waals surface area (Å²) in [6.45, 7) is 2.70. The topological polar surface area (TPSA) is 56.1 Å². The number of nitrogens with zero attached hydrogens (tertiary/aromatic N) is 2. The average molecular weight is 267 g/mol. The minimum atomic E-state index is -0.188. The monoisotopic (exact) mass is 267 g/mol. The predicted molar refractivity (Wildman–Crippen MR) is 73.3 cm³/mol. The Morgan fingerprint density at radius 2 is 2.17 bits per heavy atom. The second kappa shape index (κ2) is 5.94. The SMILES string of the molecule is CSC1(C#N)CCN(CCC(=O)NC2CC2)CC1. The third-order valence-corrected chi connectivity index (χ3v) is 5.14. The number of amides is 1. The van der Waals surface area contributed by atoms with Crippen molar-refractivity contribution in [2.45, 2.75) is 42.9 Å². The maximum absolute atomic E-state index is 11.6. The van der Waals surface area contributed by atoms with Gasteiger partial charge < -0.3 is 10.2 Å². The number of thioether (sulfide) groups is 1. The van der Waals surface area contributed by atoms with Crippen LogP contribution < -0.4 is 5.32 Å². The molecule has 1 aliphatic carbocycles. The zero-order chi connectivity index (χ0) is 13.0. The Morgan fingerprint density at radius 1 is 1.50 bits per heavy atom. The van der Waals surface area contributed by atoms with Crippen LogP contribution in [0, 0.1) is 11.3 Å². The summed E-state index contributed by atoms with van der Waals surface area (Å²) in [5.74, 6) is 0.180. The van der Waals surface area contributed by atoms with Crippen molar-refractivity contribution in [1.82, 2.24) is 10.2 Å². The van der Waals surface area contributed by atoms with Crippen LogP contribution in [-0.2, 0) is 4.79 Å². The molecule has 0 radical (unpaired) electrons. The van der Waals surface area contributed by atoms with Crippen molar-refractivity contribution in [3.8, 4) is 6.07 Å². The van der Waals surface area contributed by atoms with Gasteiger partial charge in [0.2, 0.25) is 5.91 Å². The van der Waals surface area contributed by atoms with Gasteiger partial charge >= 0.3 is 0 Å². The Kier molecular flexibility index (Phi) is 4.52. The van der Waals surface area contributed by atoms with Crippen LogP contribution in [0.2, 0.25) is 0 Å². The molecule has 2 aliphatic rings. The largest absolute Gasteiger partial charge is 0.353 e. The second-order valence-electron chi connectivity index (χ2n) is 5.24. The Bertz CT molecular complexity index is 341. The number of likely N-dealkylation sites (tertiary alicyclic amines) is 1. The minimum Gasteiger partial charge on any atom is -0.353 e. The van der Waals surface area contributed by atoms with E-state index in [2.05, 4.69) is 16.3 Å². The Labute approximate surface area is 113 Å². The van der Waals surface area contributed by atoms with E-state index in [0.29, 0.717) is 12.5 Å². The molecule has 0 atom stereocenters. The lowest BCUT2D eigenvalue weighted by molar-refractivity contribution is -0.121. The van der Waals surface area contributed by atoms with Gasteiger partial charge in [0.1, 0.15) is 4.75 Å². The first-order valence-electron chi connectivity index (χ1n) is 6.65. The summed E-state index contributed by atoms with van der Waals surface area (Å²) >= 11 is 1.67. The molecule has 0 unspecified atom stereocenters. The summed E-state index contributed by atoms with van der Waals surface area (Å²) in [7, 11) is 0. The molecule has 5 heteroatoms. The average Bonchev–Trinajstić information content (AvgIpc) is 3.21. The molecule has 0 aromatic heterocycles. The molecule has 4 nitrogen and oxygen atoms in total.